The quantitative estimate of drug-likeness (QED) is 0.687. The van der Waals surface area contributed by atoms with Gasteiger partial charge in [-0.05, 0) is 18.2 Å². The largest absolute Gasteiger partial charge is 0.480 e. The minimum atomic E-state index is 0.825. The lowest BCUT2D eigenvalue weighted by Crippen LogP contribution is -2.09. The van der Waals surface area contributed by atoms with Crippen LogP contribution in [0.4, 0.5) is 5.69 Å². The molecule has 0 N–H and O–H groups in total. The second-order valence-electron chi connectivity index (χ2n) is 2.94. The summed E-state index contributed by atoms with van der Waals surface area (Å²) < 4.78 is 5.04. The van der Waals surface area contributed by atoms with Gasteiger partial charge in [0.2, 0.25) is 0 Å². The summed E-state index contributed by atoms with van der Waals surface area (Å²) in [6.45, 7) is 3.76. The number of rotatable bonds is 3. The van der Waals surface area contributed by atoms with Crippen molar-refractivity contribution >= 4 is 21.2 Å². The topological polar surface area (TPSA) is 12.5 Å². The monoisotopic (exact) mass is 195 g/mol. The second kappa shape index (κ2) is 4.29. The highest BCUT2D eigenvalue weighted by molar-refractivity contribution is 7.10. The Bertz CT molecular complexity index is 310. The van der Waals surface area contributed by atoms with Crippen LogP contribution in [0, 0.1) is 0 Å². The molecule has 0 heterocycles. The van der Waals surface area contributed by atoms with Crippen LogP contribution in [0.2, 0.25) is 0 Å². The highest BCUT2D eigenvalue weighted by atomic mass is 31.0. The number of nitrogens with zero attached hydrogens (tertiary/aromatic N) is 1. The van der Waals surface area contributed by atoms with Crippen LogP contribution in [0.3, 0.4) is 0 Å². The van der Waals surface area contributed by atoms with Gasteiger partial charge in [-0.3, -0.25) is 0 Å². The summed E-state index contributed by atoms with van der Waals surface area (Å²) >= 11 is 0. The summed E-state index contributed by atoms with van der Waals surface area (Å²) in [5.74, 6) is 0.825. The maximum absolute atomic E-state index is 5.04. The minimum Gasteiger partial charge on any atom is -0.480 e. The lowest BCUT2D eigenvalue weighted by Gasteiger charge is -2.16. The van der Waals surface area contributed by atoms with Crippen molar-refractivity contribution in [1.29, 1.82) is 0 Å². The first kappa shape index (κ1) is 10.1. The molecule has 0 fully saturated rings. The summed E-state index contributed by atoms with van der Waals surface area (Å²) in [7, 11) is 6.24. The third kappa shape index (κ3) is 2.22. The van der Waals surface area contributed by atoms with Crippen molar-refractivity contribution < 1.29 is 4.52 Å². The van der Waals surface area contributed by atoms with E-state index in [2.05, 4.69) is 16.0 Å². The van der Waals surface area contributed by atoms with Gasteiger partial charge in [-0.1, -0.05) is 12.7 Å². The fraction of sp³-hybridized carbons (Fsp3) is 0.200. The van der Waals surface area contributed by atoms with Gasteiger partial charge in [0.1, 0.15) is 5.75 Å². The molecule has 3 heteroatoms. The fourth-order valence-electron chi connectivity index (χ4n) is 1.18. The molecule has 1 rings (SSSR count). The lowest BCUT2D eigenvalue weighted by atomic mass is 10.1. The van der Waals surface area contributed by atoms with Gasteiger partial charge in [0.15, 0.2) is 0 Å². The van der Waals surface area contributed by atoms with Crippen LogP contribution >= 0.6 is 9.47 Å². The van der Waals surface area contributed by atoms with E-state index in [0.717, 1.165) is 17.0 Å². The summed E-state index contributed by atoms with van der Waals surface area (Å²) in [6, 6.07) is 5.89. The van der Waals surface area contributed by atoms with Crippen LogP contribution in [0.25, 0.3) is 6.08 Å². The zero-order valence-electron chi connectivity index (χ0n) is 7.95. The molecule has 13 heavy (non-hydrogen) atoms. The molecule has 0 aromatic heterocycles. The highest BCUT2D eigenvalue weighted by Crippen LogP contribution is 2.25. The van der Waals surface area contributed by atoms with Gasteiger partial charge in [-0.15, -0.1) is 0 Å². The lowest BCUT2D eigenvalue weighted by molar-refractivity contribution is 0.646. The molecular formula is C10H14NOP. The third-order valence-electron chi connectivity index (χ3n) is 1.84. The van der Waals surface area contributed by atoms with E-state index in [1.807, 2.05) is 43.3 Å². The van der Waals surface area contributed by atoms with Gasteiger partial charge in [-0.25, -0.2) is 0 Å². The summed E-state index contributed by atoms with van der Waals surface area (Å²) in [5, 5.41) is 0. The first-order valence-electron chi connectivity index (χ1n) is 3.99. The summed E-state index contributed by atoms with van der Waals surface area (Å²) in [5.41, 5.74) is 2.21. The highest BCUT2D eigenvalue weighted by Gasteiger charge is 2.02. The number of hydrogen-bond acceptors (Lipinski definition) is 2. The number of anilines is 1. The standard InChI is InChI=1S/C10H14NOP/c1-4-8-7-9(12-13)5-6-10(8)11(2)3/h4-7H,1,13H2,2-3H3. The van der Waals surface area contributed by atoms with E-state index in [4.69, 9.17) is 4.52 Å². The first-order valence-corrected chi connectivity index (χ1v) is 4.46. The Labute approximate surface area is 81.5 Å². The molecule has 0 amide bonds. The van der Waals surface area contributed by atoms with Gasteiger partial charge >= 0.3 is 0 Å². The van der Waals surface area contributed by atoms with Crippen LogP contribution < -0.4 is 9.42 Å². The molecule has 0 aliphatic heterocycles. The first-order chi connectivity index (χ1) is 6.19. The van der Waals surface area contributed by atoms with Crippen molar-refractivity contribution in [1.82, 2.24) is 0 Å². The van der Waals surface area contributed by atoms with Gasteiger partial charge in [-0.2, -0.15) is 0 Å². The van der Waals surface area contributed by atoms with Gasteiger partial charge in [0.25, 0.3) is 0 Å². The molecule has 0 saturated carbocycles. The van der Waals surface area contributed by atoms with Crippen LogP contribution in [0.1, 0.15) is 5.56 Å². The Kier molecular flexibility index (Phi) is 3.32. The van der Waals surface area contributed by atoms with Crippen molar-refractivity contribution in [3.63, 3.8) is 0 Å². The van der Waals surface area contributed by atoms with E-state index in [9.17, 15) is 0 Å². The Morgan fingerprint density at radius 1 is 1.46 bits per heavy atom. The fourth-order valence-corrected chi connectivity index (χ4v) is 1.32. The molecule has 0 bridgehead atoms. The van der Waals surface area contributed by atoms with Gasteiger partial charge in [0.05, 0.1) is 9.47 Å². The van der Waals surface area contributed by atoms with E-state index >= 15 is 0 Å². The zero-order chi connectivity index (χ0) is 9.84. The van der Waals surface area contributed by atoms with Crippen molar-refractivity contribution in [2.75, 3.05) is 19.0 Å². The minimum absolute atomic E-state index is 0.825. The molecule has 70 valence electrons. The Morgan fingerprint density at radius 3 is 2.62 bits per heavy atom. The van der Waals surface area contributed by atoms with Crippen molar-refractivity contribution in [3.05, 3.63) is 30.3 Å². The molecule has 0 spiro atoms. The van der Waals surface area contributed by atoms with Crippen LogP contribution in [0.5, 0.6) is 5.75 Å². The average Bonchev–Trinajstić information content (AvgIpc) is 2.16. The molecule has 1 unspecified atom stereocenters. The van der Waals surface area contributed by atoms with Crippen LogP contribution in [0.15, 0.2) is 24.8 Å². The van der Waals surface area contributed by atoms with Gasteiger partial charge < -0.3 is 9.42 Å². The smallest absolute Gasteiger partial charge is 0.123 e. The van der Waals surface area contributed by atoms with Crippen LogP contribution in [-0.4, -0.2) is 14.1 Å². The molecule has 1 aromatic carbocycles. The summed E-state index contributed by atoms with van der Waals surface area (Å²) in [4.78, 5) is 2.05. The van der Waals surface area contributed by atoms with E-state index in [1.54, 1.807) is 0 Å². The molecule has 1 aromatic rings. The summed E-state index contributed by atoms with van der Waals surface area (Å²) in [6.07, 6.45) is 1.82. The van der Waals surface area contributed by atoms with Crippen molar-refractivity contribution in [2.45, 2.75) is 0 Å². The number of benzene rings is 1. The van der Waals surface area contributed by atoms with Crippen LogP contribution in [-0.2, 0) is 0 Å². The Hall–Kier alpha value is -1.01. The van der Waals surface area contributed by atoms with Crippen molar-refractivity contribution in [3.8, 4) is 5.75 Å². The normalized spacial score (nSPS) is 9.46. The van der Waals surface area contributed by atoms with E-state index in [0.29, 0.717) is 0 Å². The molecule has 0 aliphatic carbocycles. The Morgan fingerprint density at radius 2 is 2.15 bits per heavy atom. The molecule has 0 saturated heterocycles. The van der Waals surface area contributed by atoms with E-state index in [-0.39, 0.29) is 0 Å². The maximum Gasteiger partial charge on any atom is 0.123 e. The maximum atomic E-state index is 5.04. The van der Waals surface area contributed by atoms with Crippen molar-refractivity contribution in [2.24, 2.45) is 0 Å². The second-order valence-corrected chi connectivity index (χ2v) is 3.17. The predicted molar refractivity (Wildman–Crippen MR) is 61.2 cm³/mol. The molecule has 0 aliphatic rings. The number of hydrogen-bond donors (Lipinski definition) is 0. The van der Waals surface area contributed by atoms with E-state index in [1.165, 1.54) is 0 Å². The molecule has 0 radical (unpaired) electrons. The average molecular weight is 195 g/mol. The predicted octanol–water partition coefficient (Wildman–Crippen LogP) is 2.56. The van der Waals surface area contributed by atoms with E-state index < -0.39 is 0 Å². The zero-order valence-corrected chi connectivity index (χ0v) is 9.10. The third-order valence-corrected chi connectivity index (χ3v) is 2.11. The SMILES string of the molecule is C=Cc1cc(OP)ccc1N(C)C. The van der Waals surface area contributed by atoms with Gasteiger partial charge in [0, 0.05) is 25.3 Å². The molecule has 2 nitrogen and oxygen atoms in total. The Balaban J connectivity index is 3.15. The molecular weight excluding hydrogens is 181 g/mol. The molecule has 1 atom stereocenters.